The van der Waals surface area contributed by atoms with Crippen molar-refractivity contribution in [1.29, 1.82) is 0 Å². The molecule has 1 aromatic rings. The van der Waals surface area contributed by atoms with Gasteiger partial charge < -0.3 is 15.5 Å². The zero-order valence-electron chi connectivity index (χ0n) is 21.2. The number of rotatable bonds is 6. The van der Waals surface area contributed by atoms with Gasteiger partial charge in [-0.1, -0.05) is 37.6 Å². The van der Waals surface area contributed by atoms with Gasteiger partial charge in [0, 0.05) is 12.1 Å². The third-order valence-corrected chi connectivity index (χ3v) is 6.17. The maximum Gasteiger partial charge on any atom is 0.322 e. The number of carbonyl (C=O) groups is 3. The Bertz CT molecular complexity index is 990. The summed E-state index contributed by atoms with van der Waals surface area (Å²) in [5, 5.41) is 6.09. The lowest BCUT2D eigenvalue weighted by molar-refractivity contribution is -0.137. The van der Waals surface area contributed by atoms with Gasteiger partial charge in [-0.3, -0.25) is 14.5 Å². The summed E-state index contributed by atoms with van der Waals surface area (Å²) in [4.78, 5) is 43.4. The highest BCUT2D eigenvalue weighted by Gasteiger charge is 2.47. The van der Waals surface area contributed by atoms with E-state index in [9.17, 15) is 14.4 Å². The van der Waals surface area contributed by atoms with E-state index in [1.807, 2.05) is 67.5 Å². The predicted octanol–water partition coefficient (Wildman–Crippen LogP) is 3.82. The second-order valence-electron chi connectivity index (χ2n) is 10.7. The van der Waals surface area contributed by atoms with Gasteiger partial charge in [0.25, 0.3) is 5.91 Å². The molecular formula is C26H38N4O3. The molecule has 0 saturated heterocycles. The van der Waals surface area contributed by atoms with Gasteiger partial charge in [0.1, 0.15) is 6.04 Å². The first-order chi connectivity index (χ1) is 15.3. The van der Waals surface area contributed by atoms with Crippen molar-refractivity contribution in [3.63, 3.8) is 0 Å². The van der Waals surface area contributed by atoms with Crippen LogP contribution in [0.2, 0.25) is 0 Å². The van der Waals surface area contributed by atoms with Crippen molar-refractivity contribution in [1.82, 2.24) is 20.4 Å². The molecule has 3 rings (SSSR count). The lowest BCUT2D eigenvalue weighted by Crippen LogP contribution is -2.53. The van der Waals surface area contributed by atoms with E-state index < -0.39 is 17.6 Å². The molecule has 0 radical (unpaired) electrons. The largest absolute Gasteiger partial charge is 0.350 e. The molecule has 7 heteroatoms. The number of aryl methyl sites for hydroxylation is 2. The van der Waals surface area contributed by atoms with Gasteiger partial charge in [-0.2, -0.15) is 0 Å². The minimum atomic E-state index is -0.601. The summed E-state index contributed by atoms with van der Waals surface area (Å²) in [5.41, 5.74) is 3.92. The van der Waals surface area contributed by atoms with Gasteiger partial charge in [-0.15, -0.1) is 0 Å². The molecule has 0 bridgehead atoms. The Hall–Kier alpha value is -2.83. The number of carbonyl (C=O) groups excluding carboxylic acids is 3. The maximum absolute atomic E-state index is 13.9. The van der Waals surface area contributed by atoms with Crippen molar-refractivity contribution in [2.75, 3.05) is 13.1 Å². The van der Waals surface area contributed by atoms with Crippen LogP contribution in [0, 0.1) is 19.8 Å². The van der Waals surface area contributed by atoms with E-state index in [0.29, 0.717) is 24.2 Å². The van der Waals surface area contributed by atoms with Crippen LogP contribution < -0.4 is 10.6 Å². The normalized spacial score (nSPS) is 19.7. The van der Waals surface area contributed by atoms with Crippen molar-refractivity contribution in [2.45, 2.75) is 79.4 Å². The van der Waals surface area contributed by atoms with Crippen LogP contribution in [0.25, 0.3) is 0 Å². The molecule has 180 valence electrons. The monoisotopic (exact) mass is 454 g/mol. The minimum Gasteiger partial charge on any atom is -0.350 e. The Morgan fingerprint density at radius 2 is 1.88 bits per heavy atom. The van der Waals surface area contributed by atoms with Crippen molar-refractivity contribution >= 4 is 17.8 Å². The SMILES string of the molecule is CCN1C(=O)N[C@H](c2ccc(C)cc2C)C2=C1CN([C@H](CC(C)C)C(=O)NC(C)(C)C)C2=O. The van der Waals surface area contributed by atoms with Gasteiger partial charge in [-0.25, -0.2) is 4.79 Å². The van der Waals surface area contributed by atoms with E-state index in [4.69, 9.17) is 0 Å². The molecule has 0 aromatic heterocycles. The quantitative estimate of drug-likeness (QED) is 0.686. The summed E-state index contributed by atoms with van der Waals surface area (Å²) in [6, 6.07) is 4.69. The number of amides is 4. The van der Waals surface area contributed by atoms with Crippen LogP contribution in [-0.2, 0) is 9.59 Å². The number of likely N-dealkylation sites (N-methyl/N-ethyl adjacent to an activating group) is 1. The standard InChI is InChI=1S/C26H38N4O3/c1-9-29-20-14-30(19(12-15(2)3)23(31)28-26(6,7)8)24(32)21(20)22(27-25(29)33)18-11-10-16(4)13-17(18)5/h10-11,13,15,19,22H,9,12,14H2,1-8H3,(H,27,33)(H,28,31)/t19-,22-/m1/s1. The average Bonchev–Trinajstić information content (AvgIpc) is 3.01. The van der Waals surface area contributed by atoms with Gasteiger partial charge in [0.2, 0.25) is 5.91 Å². The van der Waals surface area contributed by atoms with E-state index >= 15 is 0 Å². The Morgan fingerprint density at radius 1 is 1.21 bits per heavy atom. The van der Waals surface area contributed by atoms with Crippen LogP contribution in [0.5, 0.6) is 0 Å². The van der Waals surface area contributed by atoms with Crippen LogP contribution in [0.1, 0.15) is 70.7 Å². The van der Waals surface area contributed by atoms with E-state index in [-0.39, 0.29) is 30.3 Å². The Morgan fingerprint density at radius 3 is 2.42 bits per heavy atom. The number of urea groups is 1. The molecule has 2 heterocycles. The molecule has 2 atom stereocenters. The molecule has 7 nitrogen and oxygen atoms in total. The molecule has 2 aliphatic rings. The molecule has 1 aromatic carbocycles. The first kappa shape index (κ1) is 24.8. The summed E-state index contributed by atoms with van der Waals surface area (Å²) in [7, 11) is 0. The van der Waals surface area contributed by atoms with Gasteiger partial charge in [-0.05, 0) is 65.0 Å². The summed E-state index contributed by atoms with van der Waals surface area (Å²) < 4.78 is 0. The van der Waals surface area contributed by atoms with Gasteiger partial charge >= 0.3 is 6.03 Å². The van der Waals surface area contributed by atoms with Gasteiger partial charge in [0.05, 0.1) is 23.9 Å². The molecule has 33 heavy (non-hydrogen) atoms. The van der Waals surface area contributed by atoms with E-state index in [0.717, 1.165) is 16.7 Å². The molecule has 0 unspecified atom stereocenters. The van der Waals surface area contributed by atoms with E-state index in [1.165, 1.54) is 0 Å². The summed E-state index contributed by atoms with van der Waals surface area (Å²) >= 11 is 0. The van der Waals surface area contributed by atoms with E-state index in [2.05, 4.69) is 16.7 Å². The number of hydrogen-bond acceptors (Lipinski definition) is 3. The van der Waals surface area contributed by atoms with Crippen LogP contribution in [0.4, 0.5) is 4.79 Å². The maximum atomic E-state index is 13.9. The van der Waals surface area contributed by atoms with Crippen LogP contribution in [0.3, 0.4) is 0 Å². The van der Waals surface area contributed by atoms with Crippen molar-refractivity contribution in [3.05, 3.63) is 46.2 Å². The van der Waals surface area contributed by atoms with Crippen LogP contribution >= 0.6 is 0 Å². The number of nitrogens with one attached hydrogen (secondary N) is 2. The fraction of sp³-hybridized carbons (Fsp3) is 0.577. The van der Waals surface area contributed by atoms with E-state index in [1.54, 1.807) is 9.80 Å². The lowest BCUT2D eigenvalue weighted by atomic mass is 9.91. The predicted molar refractivity (Wildman–Crippen MR) is 129 cm³/mol. The van der Waals surface area contributed by atoms with Crippen molar-refractivity contribution in [3.8, 4) is 0 Å². The zero-order chi connectivity index (χ0) is 24.7. The summed E-state index contributed by atoms with van der Waals surface area (Å²) in [6.45, 7) is 16.5. The third kappa shape index (κ3) is 5.07. The summed E-state index contributed by atoms with van der Waals surface area (Å²) in [5.74, 6) is -0.110. The molecule has 0 aliphatic carbocycles. The second-order valence-corrected chi connectivity index (χ2v) is 10.7. The zero-order valence-corrected chi connectivity index (χ0v) is 21.2. The number of nitrogens with zero attached hydrogens (tertiary/aromatic N) is 2. The smallest absolute Gasteiger partial charge is 0.322 e. The molecule has 0 fully saturated rings. The Kier molecular flexibility index (Phi) is 6.91. The molecule has 0 spiro atoms. The molecule has 4 amide bonds. The highest BCUT2D eigenvalue weighted by molar-refractivity contribution is 6.03. The Labute approximate surface area is 197 Å². The van der Waals surface area contributed by atoms with Crippen LogP contribution in [0.15, 0.2) is 29.5 Å². The van der Waals surface area contributed by atoms with Crippen molar-refractivity contribution in [2.24, 2.45) is 5.92 Å². The number of benzene rings is 1. The second kappa shape index (κ2) is 9.20. The highest BCUT2D eigenvalue weighted by Crippen LogP contribution is 2.38. The number of hydrogen-bond donors (Lipinski definition) is 2. The average molecular weight is 455 g/mol. The van der Waals surface area contributed by atoms with Crippen molar-refractivity contribution < 1.29 is 14.4 Å². The Balaban J connectivity index is 2.04. The summed E-state index contributed by atoms with van der Waals surface area (Å²) in [6.07, 6.45) is 0.552. The fourth-order valence-electron chi connectivity index (χ4n) is 4.76. The van der Waals surface area contributed by atoms with Gasteiger partial charge in [0.15, 0.2) is 0 Å². The van der Waals surface area contributed by atoms with Crippen LogP contribution in [-0.4, -0.2) is 52.3 Å². The minimum absolute atomic E-state index is 0.158. The fourth-order valence-corrected chi connectivity index (χ4v) is 4.76. The first-order valence-electron chi connectivity index (χ1n) is 11.8. The highest BCUT2D eigenvalue weighted by atomic mass is 16.2. The molecular weight excluding hydrogens is 416 g/mol. The molecule has 0 saturated carbocycles. The molecule has 2 aliphatic heterocycles. The first-order valence-corrected chi connectivity index (χ1v) is 11.8. The third-order valence-electron chi connectivity index (χ3n) is 6.17. The topological polar surface area (TPSA) is 81.8 Å². The lowest BCUT2D eigenvalue weighted by Gasteiger charge is -2.33. The molecule has 2 N–H and O–H groups in total.